The lowest BCUT2D eigenvalue weighted by atomic mass is 10.2. The molecular formula is C20H21BrN2O5S. The van der Waals surface area contributed by atoms with Crippen LogP contribution in [0, 0.1) is 0 Å². The lowest BCUT2D eigenvalue weighted by Crippen LogP contribution is -2.33. The van der Waals surface area contributed by atoms with E-state index in [0.717, 1.165) is 17.7 Å². The molecule has 0 fully saturated rings. The zero-order valence-corrected chi connectivity index (χ0v) is 18.4. The summed E-state index contributed by atoms with van der Waals surface area (Å²) in [5.74, 6) is -1.11. The highest BCUT2D eigenvalue weighted by atomic mass is 79.9. The van der Waals surface area contributed by atoms with Gasteiger partial charge in [-0.1, -0.05) is 18.2 Å². The number of sulfonamides is 1. The van der Waals surface area contributed by atoms with Gasteiger partial charge in [0, 0.05) is 22.7 Å². The van der Waals surface area contributed by atoms with Crippen LogP contribution in [0.4, 0.5) is 5.69 Å². The molecule has 2 aromatic carbocycles. The summed E-state index contributed by atoms with van der Waals surface area (Å²) in [6.07, 6.45) is 0.754. The molecule has 0 radical (unpaired) electrons. The maximum atomic E-state index is 12.5. The first-order valence-electron chi connectivity index (χ1n) is 9.06. The van der Waals surface area contributed by atoms with Crippen LogP contribution in [0.5, 0.6) is 0 Å². The molecule has 0 aromatic heterocycles. The number of fused-ring (bicyclic) bond motifs is 1. The molecule has 0 atom stereocenters. The van der Waals surface area contributed by atoms with Gasteiger partial charge in [0.05, 0.1) is 10.5 Å². The molecule has 0 saturated carbocycles. The summed E-state index contributed by atoms with van der Waals surface area (Å²) < 4.78 is 32.7. The third-order valence-corrected chi connectivity index (χ3v) is 6.72. The monoisotopic (exact) mass is 480 g/mol. The molecule has 29 heavy (non-hydrogen) atoms. The van der Waals surface area contributed by atoms with Gasteiger partial charge >= 0.3 is 5.97 Å². The van der Waals surface area contributed by atoms with E-state index < -0.39 is 22.6 Å². The minimum absolute atomic E-state index is 0.0336. The molecule has 2 aromatic rings. The van der Waals surface area contributed by atoms with Gasteiger partial charge in [-0.05, 0) is 66.0 Å². The van der Waals surface area contributed by atoms with Crippen molar-refractivity contribution in [2.45, 2.75) is 31.2 Å². The fourth-order valence-corrected chi connectivity index (χ4v) is 4.77. The third-order valence-electron chi connectivity index (χ3n) is 4.37. The highest BCUT2D eigenvalue weighted by molar-refractivity contribution is 9.10. The number of carbonyl (C=O) groups is 2. The Bertz CT molecular complexity index is 1050. The number of para-hydroxylation sites is 1. The minimum atomic E-state index is -3.76. The number of nitrogens with zero attached hydrogens (tertiary/aromatic N) is 1. The van der Waals surface area contributed by atoms with Gasteiger partial charge in [0.25, 0.3) is 5.91 Å². The molecule has 0 saturated heterocycles. The van der Waals surface area contributed by atoms with Crippen molar-refractivity contribution in [1.29, 1.82) is 0 Å². The second-order valence-electron chi connectivity index (χ2n) is 6.92. The Hall–Kier alpha value is -2.23. The quantitative estimate of drug-likeness (QED) is 0.641. The number of carbonyl (C=O) groups excluding carboxylic acids is 2. The molecule has 1 aliphatic rings. The van der Waals surface area contributed by atoms with E-state index in [1.54, 1.807) is 18.7 Å². The summed E-state index contributed by atoms with van der Waals surface area (Å²) in [5, 5.41) is 0. The van der Waals surface area contributed by atoms with E-state index in [9.17, 15) is 18.0 Å². The zero-order chi connectivity index (χ0) is 21.2. The maximum Gasteiger partial charge on any atom is 0.339 e. The van der Waals surface area contributed by atoms with Crippen LogP contribution in [0.25, 0.3) is 0 Å². The van der Waals surface area contributed by atoms with Crippen molar-refractivity contribution in [1.82, 2.24) is 4.72 Å². The summed E-state index contributed by atoms with van der Waals surface area (Å²) in [7, 11) is -3.76. The molecule has 0 unspecified atom stereocenters. The molecule has 1 amide bonds. The summed E-state index contributed by atoms with van der Waals surface area (Å²) in [4.78, 5) is 26.5. The molecule has 7 nitrogen and oxygen atoms in total. The Kier molecular flexibility index (Phi) is 6.40. The smallest absolute Gasteiger partial charge is 0.339 e. The first-order valence-corrected chi connectivity index (χ1v) is 11.3. The summed E-state index contributed by atoms with van der Waals surface area (Å²) in [5.41, 5.74) is 1.93. The average Bonchev–Trinajstić information content (AvgIpc) is 3.09. The van der Waals surface area contributed by atoms with Crippen LogP contribution in [0.3, 0.4) is 0 Å². The van der Waals surface area contributed by atoms with Crippen LogP contribution >= 0.6 is 15.9 Å². The van der Waals surface area contributed by atoms with Crippen molar-refractivity contribution < 1.29 is 22.7 Å². The molecule has 0 bridgehead atoms. The Morgan fingerprint density at radius 2 is 1.93 bits per heavy atom. The van der Waals surface area contributed by atoms with Gasteiger partial charge in [0.2, 0.25) is 10.0 Å². The zero-order valence-electron chi connectivity index (χ0n) is 16.0. The number of hydrogen-bond donors (Lipinski definition) is 1. The highest BCUT2D eigenvalue weighted by Crippen LogP contribution is 2.27. The lowest BCUT2D eigenvalue weighted by Gasteiger charge is -2.17. The van der Waals surface area contributed by atoms with E-state index >= 15 is 0 Å². The largest absolute Gasteiger partial charge is 0.452 e. The average molecular weight is 481 g/mol. The first-order chi connectivity index (χ1) is 13.7. The first kappa shape index (κ1) is 21.5. The van der Waals surface area contributed by atoms with Crippen molar-refractivity contribution in [3.8, 4) is 0 Å². The molecule has 9 heteroatoms. The molecule has 3 rings (SSSR count). The number of esters is 1. The Labute approximate surface area is 178 Å². The molecular weight excluding hydrogens is 460 g/mol. The van der Waals surface area contributed by atoms with Gasteiger partial charge < -0.3 is 9.64 Å². The number of rotatable bonds is 6. The van der Waals surface area contributed by atoms with Gasteiger partial charge in [-0.15, -0.1) is 0 Å². The number of amides is 1. The predicted molar refractivity (Wildman–Crippen MR) is 112 cm³/mol. The Morgan fingerprint density at radius 1 is 1.21 bits per heavy atom. The van der Waals surface area contributed by atoms with Crippen molar-refractivity contribution >= 4 is 43.5 Å². The summed E-state index contributed by atoms with van der Waals surface area (Å²) in [6, 6.07) is 11.4. The molecule has 1 aliphatic heterocycles. The van der Waals surface area contributed by atoms with E-state index in [-0.39, 0.29) is 22.4 Å². The van der Waals surface area contributed by atoms with E-state index in [0.29, 0.717) is 11.0 Å². The van der Waals surface area contributed by atoms with Gasteiger partial charge in [-0.3, -0.25) is 4.79 Å². The number of hydrogen-bond acceptors (Lipinski definition) is 5. The van der Waals surface area contributed by atoms with Gasteiger partial charge in [0.1, 0.15) is 0 Å². The number of benzene rings is 2. The standard InChI is InChI=1S/C20H21BrN2O5S/c1-13(2)22-29(26,27)15-7-8-17(21)16(11-15)20(25)28-12-19(24)23-10-9-14-5-3-4-6-18(14)23/h3-8,11,13,22H,9-10,12H2,1-2H3. The molecule has 0 aliphatic carbocycles. The molecule has 0 spiro atoms. The van der Waals surface area contributed by atoms with E-state index in [1.807, 2.05) is 24.3 Å². The van der Waals surface area contributed by atoms with Crippen LogP contribution in [0.2, 0.25) is 0 Å². The second-order valence-corrected chi connectivity index (χ2v) is 9.49. The van der Waals surface area contributed by atoms with E-state index in [1.165, 1.54) is 18.2 Å². The minimum Gasteiger partial charge on any atom is -0.452 e. The van der Waals surface area contributed by atoms with Crippen LogP contribution < -0.4 is 9.62 Å². The number of ether oxygens (including phenoxy) is 1. The van der Waals surface area contributed by atoms with E-state index in [2.05, 4.69) is 20.7 Å². The molecule has 1 N–H and O–H groups in total. The lowest BCUT2D eigenvalue weighted by molar-refractivity contribution is -0.121. The Balaban J connectivity index is 1.71. The Morgan fingerprint density at radius 3 is 2.66 bits per heavy atom. The highest BCUT2D eigenvalue weighted by Gasteiger charge is 2.26. The van der Waals surface area contributed by atoms with Gasteiger partial charge in [-0.2, -0.15) is 0 Å². The van der Waals surface area contributed by atoms with Crippen LogP contribution in [-0.4, -0.2) is 39.5 Å². The normalized spacial score (nSPS) is 13.4. The molecule has 1 heterocycles. The fraction of sp³-hybridized carbons (Fsp3) is 0.300. The van der Waals surface area contributed by atoms with Crippen LogP contribution in [0.1, 0.15) is 29.8 Å². The van der Waals surface area contributed by atoms with Gasteiger partial charge in [-0.25, -0.2) is 17.9 Å². The topological polar surface area (TPSA) is 92.8 Å². The number of anilines is 1. The van der Waals surface area contributed by atoms with Crippen molar-refractivity contribution in [3.05, 3.63) is 58.1 Å². The van der Waals surface area contributed by atoms with Crippen molar-refractivity contribution in [3.63, 3.8) is 0 Å². The SMILES string of the molecule is CC(C)NS(=O)(=O)c1ccc(Br)c(C(=O)OCC(=O)N2CCc3ccccc32)c1. The summed E-state index contributed by atoms with van der Waals surface area (Å²) >= 11 is 3.23. The number of halogens is 1. The molecule has 154 valence electrons. The van der Waals surface area contributed by atoms with E-state index in [4.69, 9.17) is 4.74 Å². The predicted octanol–water partition coefficient (Wildman–Crippen LogP) is 2.88. The fourth-order valence-electron chi connectivity index (χ4n) is 3.09. The van der Waals surface area contributed by atoms with Crippen LogP contribution in [-0.2, 0) is 26.0 Å². The van der Waals surface area contributed by atoms with Crippen molar-refractivity contribution in [2.75, 3.05) is 18.1 Å². The third kappa shape index (κ3) is 4.85. The van der Waals surface area contributed by atoms with Crippen molar-refractivity contribution in [2.24, 2.45) is 0 Å². The number of nitrogens with one attached hydrogen (secondary N) is 1. The second kappa shape index (κ2) is 8.64. The van der Waals surface area contributed by atoms with Gasteiger partial charge in [0.15, 0.2) is 6.61 Å². The maximum absolute atomic E-state index is 12.5. The van der Waals surface area contributed by atoms with Crippen LogP contribution in [0.15, 0.2) is 51.8 Å². The summed E-state index contributed by atoms with van der Waals surface area (Å²) in [6.45, 7) is 3.51.